The number of rotatable bonds is 6. The predicted molar refractivity (Wildman–Crippen MR) is 114 cm³/mol. The third-order valence-electron chi connectivity index (χ3n) is 4.96. The Bertz CT molecular complexity index is 850. The Balaban J connectivity index is 1.23. The quantitative estimate of drug-likeness (QED) is 0.649. The Morgan fingerprint density at radius 2 is 1.81 bits per heavy atom. The van der Waals surface area contributed by atoms with E-state index < -0.39 is 0 Å². The van der Waals surface area contributed by atoms with Gasteiger partial charge in [-0.1, -0.05) is 36.4 Å². The molecule has 1 aromatic carbocycles. The van der Waals surface area contributed by atoms with Crippen molar-refractivity contribution in [3.63, 3.8) is 0 Å². The van der Waals surface area contributed by atoms with Crippen LogP contribution in [0, 0.1) is 0 Å². The molecule has 1 aliphatic rings. The van der Waals surface area contributed by atoms with E-state index in [1.165, 1.54) is 15.3 Å². The summed E-state index contributed by atoms with van der Waals surface area (Å²) in [5.74, 6) is 0.149. The molecule has 0 saturated carbocycles. The van der Waals surface area contributed by atoms with Crippen LogP contribution in [0.15, 0.2) is 60.0 Å². The van der Waals surface area contributed by atoms with Crippen molar-refractivity contribution in [3.8, 4) is 9.75 Å². The van der Waals surface area contributed by atoms with E-state index >= 15 is 0 Å². The first-order chi connectivity index (χ1) is 13.3. The van der Waals surface area contributed by atoms with Crippen LogP contribution in [0.3, 0.4) is 0 Å². The normalized spacial score (nSPS) is 15.7. The largest absolute Gasteiger partial charge is 0.353 e. The summed E-state index contributed by atoms with van der Waals surface area (Å²) >= 11 is 3.47. The molecule has 2 aromatic heterocycles. The van der Waals surface area contributed by atoms with Crippen LogP contribution in [0.2, 0.25) is 0 Å². The van der Waals surface area contributed by atoms with Gasteiger partial charge in [-0.2, -0.15) is 0 Å². The van der Waals surface area contributed by atoms with Crippen molar-refractivity contribution in [2.45, 2.75) is 31.8 Å². The summed E-state index contributed by atoms with van der Waals surface area (Å²) in [7, 11) is 0. The molecular formula is C22H24N2OS2. The van der Waals surface area contributed by atoms with Gasteiger partial charge < -0.3 is 5.32 Å². The molecule has 1 amide bonds. The standard InChI is InChI=1S/C22H24N2OS2/c25-22(15-19-8-9-21(27-19)20-7-4-14-26-20)23-18-10-12-24(13-11-18)16-17-5-2-1-3-6-17/h1-9,14,18H,10-13,15-16H2,(H,23,25). The number of hydrogen-bond acceptors (Lipinski definition) is 4. The fourth-order valence-corrected chi connectivity index (χ4v) is 5.38. The second-order valence-corrected chi connectivity index (χ2v) is 9.14. The average molecular weight is 397 g/mol. The van der Waals surface area contributed by atoms with Crippen molar-refractivity contribution in [1.82, 2.24) is 10.2 Å². The molecule has 3 nitrogen and oxygen atoms in total. The first-order valence-electron chi connectivity index (χ1n) is 9.44. The third kappa shape index (κ3) is 5.06. The highest BCUT2D eigenvalue weighted by Crippen LogP contribution is 2.31. The number of thiophene rings is 2. The first-order valence-corrected chi connectivity index (χ1v) is 11.1. The molecule has 27 heavy (non-hydrogen) atoms. The van der Waals surface area contributed by atoms with E-state index in [9.17, 15) is 4.79 Å². The van der Waals surface area contributed by atoms with Crippen molar-refractivity contribution < 1.29 is 4.79 Å². The van der Waals surface area contributed by atoms with E-state index in [1.54, 1.807) is 22.7 Å². The van der Waals surface area contributed by atoms with Crippen LogP contribution in [0.4, 0.5) is 0 Å². The van der Waals surface area contributed by atoms with Crippen LogP contribution < -0.4 is 5.32 Å². The molecule has 0 bridgehead atoms. The molecule has 1 saturated heterocycles. The Labute approximate surface area is 168 Å². The zero-order chi connectivity index (χ0) is 18.5. The first kappa shape index (κ1) is 18.4. The van der Waals surface area contributed by atoms with Gasteiger partial charge >= 0.3 is 0 Å². The van der Waals surface area contributed by atoms with E-state index in [0.29, 0.717) is 12.5 Å². The summed E-state index contributed by atoms with van der Waals surface area (Å²) in [6, 6.07) is 19.3. The maximum Gasteiger partial charge on any atom is 0.225 e. The molecule has 3 aromatic rings. The molecule has 0 radical (unpaired) electrons. The fourth-order valence-electron chi connectivity index (χ4n) is 3.54. The summed E-state index contributed by atoms with van der Waals surface area (Å²) in [5.41, 5.74) is 1.36. The zero-order valence-corrected chi connectivity index (χ0v) is 16.9. The minimum absolute atomic E-state index is 0.149. The lowest BCUT2D eigenvalue weighted by atomic mass is 10.0. The molecule has 140 valence electrons. The van der Waals surface area contributed by atoms with Crippen LogP contribution in [0.1, 0.15) is 23.3 Å². The Kier molecular flexibility index (Phi) is 6.02. The van der Waals surface area contributed by atoms with E-state index in [1.807, 2.05) is 0 Å². The minimum Gasteiger partial charge on any atom is -0.353 e. The van der Waals surface area contributed by atoms with Crippen LogP contribution in [-0.4, -0.2) is 29.9 Å². The van der Waals surface area contributed by atoms with Gasteiger partial charge in [0.05, 0.1) is 6.42 Å². The van der Waals surface area contributed by atoms with Crippen LogP contribution in [0.25, 0.3) is 9.75 Å². The monoisotopic (exact) mass is 396 g/mol. The van der Waals surface area contributed by atoms with E-state index in [0.717, 1.165) is 37.4 Å². The van der Waals surface area contributed by atoms with E-state index in [4.69, 9.17) is 0 Å². The molecule has 0 atom stereocenters. The van der Waals surface area contributed by atoms with Gasteiger partial charge in [0, 0.05) is 40.3 Å². The van der Waals surface area contributed by atoms with Gasteiger partial charge in [0.2, 0.25) is 5.91 Å². The number of amides is 1. The second-order valence-electron chi connectivity index (χ2n) is 7.02. The molecule has 5 heteroatoms. The van der Waals surface area contributed by atoms with E-state index in [-0.39, 0.29) is 5.91 Å². The number of nitrogens with zero attached hydrogens (tertiary/aromatic N) is 1. The van der Waals surface area contributed by atoms with Gasteiger partial charge in [-0.15, -0.1) is 22.7 Å². The topological polar surface area (TPSA) is 32.3 Å². The van der Waals surface area contributed by atoms with Crippen molar-refractivity contribution in [1.29, 1.82) is 0 Å². The molecular weight excluding hydrogens is 372 g/mol. The number of likely N-dealkylation sites (tertiary alicyclic amines) is 1. The molecule has 4 rings (SSSR count). The maximum atomic E-state index is 12.4. The number of hydrogen-bond donors (Lipinski definition) is 1. The van der Waals surface area contributed by atoms with Crippen LogP contribution in [-0.2, 0) is 17.8 Å². The van der Waals surface area contributed by atoms with Gasteiger partial charge in [0.1, 0.15) is 0 Å². The number of nitrogens with one attached hydrogen (secondary N) is 1. The lowest BCUT2D eigenvalue weighted by Crippen LogP contribution is -2.44. The highest BCUT2D eigenvalue weighted by Gasteiger charge is 2.21. The lowest BCUT2D eigenvalue weighted by molar-refractivity contribution is -0.121. The van der Waals surface area contributed by atoms with Crippen molar-refractivity contribution in [2.75, 3.05) is 13.1 Å². The smallest absolute Gasteiger partial charge is 0.225 e. The van der Waals surface area contributed by atoms with Gasteiger partial charge in [0.25, 0.3) is 0 Å². The number of piperidine rings is 1. The Hall–Kier alpha value is -1.95. The summed E-state index contributed by atoms with van der Waals surface area (Å²) in [4.78, 5) is 18.6. The number of carbonyl (C=O) groups is 1. The van der Waals surface area contributed by atoms with Gasteiger partial charge in [0.15, 0.2) is 0 Å². The Morgan fingerprint density at radius 1 is 1.00 bits per heavy atom. The molecule has 3 heterocycles. The summed E-state index contributed by atoms with van der Waals surface area (Å²) in [5, 5.41) is 5.33. The minimum atomic E-state index is 0.149. The van der Waals surface area contributed by atoms with Crippen LogP contribution in [0.5, 0.6) is 0 Å². The fraction of sp³-hybridized carbons (Fsp3) is 0.318. The molecule has 0 aliphatic carbocycles. The van der Waals surface area contributed by atoms with Crippen molar-refractivity contribution in [2.24, 2.45) is 0 Å². The summed E-state index contributed by atoms with van der Waals surface area (Å²) in [6.07, 6.45) is 2.55. The zero-order valence-electron chi connectivity index (χ0n) is 15.3. The third-order valence-corrected chi connectivity index (χ3v) is 7.11. The molecule has 1 aliphatic heterocycles. The average Bonchev–Trinajstić information content (AvgIpc) is 3.36. The second kappa shape index (κ2) is 8.83. The maximum absolute atomic E-state index is 12.4. The molecule has 0 spiro atoms. The van der Waals surface area contributed by atoms with Crippen molar-refractivity contribution >= 4 is 28.6 Å². The predicted octanol–water partition coefficient (Wildman–Crippen LogP) is 4.80. The number of benzene rings is 1. The van der Waals surface area contributed by atoms with Gasteiger partial charge in [-0.05, 0) is 42.0 Å². The number of carbonyl (C=O) groups excluding carboxylic acids is 1. The highest BCUT2D eigenvalue weighted by molar-refractivity contribution is 7.21. The Morgan fingerprint density at radius 3 is 2.56 bits per heavy atom. The van der Waals surface area contributed by atoms with Crippen LogP contribution >= 0.6 is 22.7 Å². The van der Waals surface area contributed by atoms with Gasteiger partial charge in [-0.3, -0.25) is 9.69 Å². The SMILES string of the molecule is O=C(Cc1ccc(-c2cccs2)s1)NC1CCN(Cc2ccccc2)CC1. The lowest BCUT2D eigenvalue weighted by Gasteiger charge is -2.32. The molecule has 1 fully saturated rings. The van der Waals surface area contributed by atoms with Crippen molar-refractivity contribution in [3.05, 3.63) is 70.4 Å². The molecule has 1 N–H and O–H groups in total. The molecule has 0 unspecified atom stereocenters. The summed E-state index contributed by atoms with van der Waals surface area (Å²) in [6.45, 7) is 3.09. The summed E-state index contributed by atoms with van der Waals surface area (Å²) < 4.78 is 0. The van der Waals surface area contributed by atoms with Gasteiger partial charge in [-0.25, -0.2) is 0 Å². The van der Waals surface area contributed by atoms with E-state index in [2.05, 4.69) is 70.2 Å². The highest BCUT2D eigenvalue weighted by atomic mass is 32.1.